The van der Waals surface area contributed by atoms with Crippen molar-refractivity contribution < 1.29 is 14.3 Å². The molecule has 0 fully saturated rings. The molecule has 0 spiro atoms. The van der Waals surface area contributed by atoms with Crippen molar-refractivity contribution >= 4 is 11.6 Å². The van der Waals surface area contributed by atoms with Crippen LogP contribution >= 0.6 is 0 Å². The van der Waals surface area contributed by atoms with Crippen molar-refractivity contribution in [2.75, 3.05) is 12.1 Å². The SMILES string of the molecule is CCc1ccc(C(=O)Nc2ccc3c(c2)OCO3)cc1. The maximum atomic E-state index is 12.1. The van der Waals surface area contributed by atoms with Crippen molar-refractivity contribution in [3.8, 4) is 11.5 Å². The minimum absolute atomic E-state index is 0.133. The number of carbonyl (C=O) groups excluding carboxylic acids is 1. The van der Waals surface area contributed by atoms with E-state index in [-0.39, 0.29) is 12.7 Å². The molecule has 0 bridgehead atoms. The third-order valence-corrected chi connectivity index (χ3v) is 3.25. The van der Waals surface area contributed by atoms with Crippen LogP contribution in [-0.2, 0) is 6.42 Å². The number of nitrogens with one attached hydrogen (secondary N) is 1. The Labute approximate surface area is 117 Å². The molecule has 4 heteroatoms. The van der Waals surface area contributed by atoms with Crippen LogP contribution in [0.5, 0.6) is 11.5 Å². The van der Waals surface area contributed by atoms with Crippen molar-refractivity contribution in [1.29, 1.82) is 0 Å². The number of anilines is 1. The molecule has 1 amide bonds. The topological polar surface area (TPSA) is 47.6 Å². The Kier molecular flexibility index (Phi) is 3.29. The van der Waals surface area contributed by atoms with E-state index in [0.29, 0.717) is 22.7 Å². The first-order chi connectivity index (χ1) is 9.76. The fourth-order valence-corrected chi connectivity index (χ4v) is 2.07. The molecule has 1 aliphatic rings. The van der Waals surface area contributed by atoms with E-state index in [4.69, 9.17) is 9.47 Å². The van der Waals surface area contributed by atoms with E-state index in [1.165, 1.54) is 5.56 Å². The van der Waals surface area contributed by atoms with Crippen molar-refractivity contribution in [2.45, 2.75) is 13.3 Å². The van der Waals surface area contributed by atoms with Crippen LogP contribution in [0.15, 0.2) is 42.5 Å². The minimum atomic E-state index is -0.133. The fourth-order valence-electron chi connectivity index (χ4n) is 2.07. The quantitative estimate of drug-likeness (QED) is 0.930. The molecule has 2 aromatic rings. The molecule has 0 aromatic heterocycles. The summed E-state index contributed by atoms with van der Waals surface area (Å²) in [5.74, 6) is 1.23. The number of aryl methyl sites for hydroxylation is 1. The number of fused-ring (bicyclic) bond motifs is 1. The lowest BCUT2D eigenvalue weighted by Gasteiger charge is -2.06. The molecule has 4 nitrogen and oxygen atoms in total. The number of carbonyl (C=O) groups is 1. The highest BCUT2D eigenvalue weighted by Gasteiger charge is 2.14. The summed E-state index contributed by atoms with van der Waals surface area (Å²) in [6.07, 6.45) is 0.962. The van der Waals surface area contributed by atoms with Gasteiger partial charge in [-0.1, -0.05) is 19.1 Å². The van der Waals surface area contributed by atoms with E-state index >= 15 is 0 Å². The highest BCUT2D eigenvalue weighted by atomic mass is 16.7. The Hall–Kier alpha value is -2.49. The molecule has 0 atom stereocenters. The summed E-state index contributed by atoms with van der Waals surface area (Å²) in [6, 6.07) is 13.0. The lowest BCUT2D eigenvalue weighted by atomic mass is 10.1. The summed E-state index contributed by atoms with van der Waals surface area (Å²) in [7, 11) is 0. The van der Waals surface area contributed by atoms with Gasteiger partial charge in [-0.3, -0.25) is 4.79 Å². The van der Waals surface area contributed by atoms with E-state index in [9.17, 15) is 4.79 Å². The van der Waals surface area contributed by atoms with E-state index in [2.05, 4.69) is 12.2 Å². The number of hydrogen-bond donors (Lipinski definition) is 1. The predicted octanol–water partition coefficient (Wildman–Crippen LogP) is 3.23. The van der Waals surface area contributed by atoms with E-state index in [1.807, 2.05) is 24.3 Å². The number of benzene rings is 2. The second kappa shape index (κ2) is 5.25. The monoisotopic (exact) mass is 269 g/mol. The highest BCUT2D eigenvalue weighted by molar-refractivity contribution is 6.04. The van der Waals surface area contributed by atoms with Gasteiger partial charge in [-0.05, 0) is 36.2 Å². The first-order valence-corrected chi connectivity index (χ1v) is 6.56. The van der Waals surface area contributed by atoms with Gasteiger partial charge in [0.2, 0.25) is 6.79 Å². The minimum Gasteiger partial charge on any atom is -0.454 e. The Bertz CT molecular complexity index is 635. The van der Waals surface area contributed by atoms with Crippen LogP contribution in [0.3, 0.4) is 0 Å². The van der Waals surface area contributed by atoms with Crippen LogP contribution in [0.25, 0.3) is 0 Å². The van der Waals surface area contributed by atoms with Crippen LogP contribution in [0.1, 0.15) is 22.8 Å². The van der Waals surface area contributed by atoms with E-state index in [0.717, 1.165) is 6.42 Å². The Morgan fingerprint density at radius 2 is 1.85 bits per heavy atom. The molecule has 0 saturated heterocycles. The number of rotatable bonds is 3. The molecule has 1 aliphatic heterocycles. The fraction of sp³-hybridized carbons (Fsp3) is 0.188. The third-order valence-electron chi connectivity index (χ3n) is 3.25. The maximum Gasteiger partial charge on any atom is 0.255 e. The van der Waals surface area contributed by atoms with Crippen molar-refractivity contribution in [3.05, 3.63) is 53.6 Å². The molecule has 0 aliphatic carbocycles. The second-order valence-electron chi connectivity index (χ2n) is 4.57. The van der Waals surface area contributed by atoms with Crippen LogP contribution in [-0.4, -0.2) is 12.7 Å². The first-order valence-electron chi connectivity index (χ1n) is 6.56. The van der Waals surface area contributed by atoms with E-state index in [1.54, 1.807) is 18.2 Å². The van der Waals surface area contributed by atoms with Crippen LogP contribution in [0.2, 0.25) is 0 Å². The number of amides is 1. The molecular formula is C16H15NO3. The normalized spacial score (nSPS) is 12.2. The van der Waals surface area contributed by atoms with Gasteiger partial charge >= 0.3 is 0 Å². The molecule has 0 unspecified atom stereocenters. The lowest BCUT2D eigenvalue weighted by Crippen LogP contribution is -2.11. The summed E-state index contributed by atoms with van der Waals surface area (Å²) in [5, 5.41) is 2.85. The van der Waals surface area contributed by atoms with Gasteiger partial charge in [0.05, 0.1) is 0 Å². The Morgan fingerprint density at radius 1 is 1.10 bits per heavy atom. The maximum absolute atomic E-state index is 12.1. The van der Waals surface area contributed by atoms with Crippen LogP contribution in [0.4, 0.5) is 5.69 Å². The summed E-state index contributed by atoms with van der Waals surface area (Å²) >= 11 is 0. The van der Waals surface area contributed by atoms with Gasteiger partial charge in [0.25, 0.3) is 5.91 Å². The molecule has 2 aromatic carbocycles. The molecule has 0 saturated carbocycles. The standard InChI is InChI=1S/C16H15NO3/c1-2-11-3-5-12(6-4-11)16(18)17-13-7-8-14-15(9-13)20-10-19-14/h3-9H,2,10H2,1H3,(H,17,18). The summed E-state index contributed by atoms with van der Waals surface area (Å²) in [5.41, 5.74) is 2.54. The predicted molar refractivity (Wildman–Crippen MR) is 76.3 cm³/mol. The zero-order valence-electron chi connectivity index (χ0n) is 11.2. The molecule has 1 heterocycles. The van der Waals surface area contributed by atoms with Crippen molar-refractivity contribution in [1.82, 2.24) is 0 Å². The molecule has 0 radical (unpaired) electrons. The average molecular weight is 269 g/mol. The first kappa shape index (κ1) is 12.5. The van der Waals surface area contributed by atoms with E-state index < -0.39 is 0 Å². The van der Waals surface area contributed by atoms with Gasteiger partial charge in [-0.15, -0.1) is 0 Å². The number of ether oxygens (including phenoxy) is 2. The second-order valence-corrected chi connectivity index (χ2v) is 4.57. The molecule has 102 valence electrons. The molecule has 1 N–H and O–H groups in total. The zero-order chi connectivity index (χ0) is 13.9. The van der Waals surface area contributed by atoms with Gasteiger partial charge in [-0.2, -0.15) is 0 Å². The van der Waals surface area contributed by atoms with Crippen LogP contribution < -0.4 is 14.8 Å². The average Bonchev–Trinajstić information content (AvgIpc) is 2.95. The van der Waals surface area contributed by atoms with Crippen LogP contribution in [0, 0.1) is 0 Å². The van der Waals surface area contributed by atoms with Gasteiger partial charge in [-0.25, -0.2) is 0 Å². The highest BCUT2D eigenvalue weighted by Crippen LogP contribution is 2.34. The largest absolute Gasteiger partial charge is 0.454 e. The smallest absolute Gasteiger partial charge is 0.255 e. The van der Waals surface area contributed by atoms with Gasteiger partial charge in [0.1, 0.15) is 0 Å². The van der Waals surface area contributed by atoms with Gasteiger partial charge in [0, 0.05) is 17.3 Å². The summed E-state index contributed by atoms with van der Waals surface area (Å²) in [6.45, 7) is 2.31. The number of hydrogen-bond acceptors (Lipinski definition) is 3. The molecule has 20 heavy (non-hydrogen) atoms. The third kappa shape index (κ3) is 2.45. The molecular weight excluding hydrogens is 254 g/mol. The molecule has 3 rings (SSSR count). The van der Waals surface area contributed by atoms with Crippen molar-refractivity contribution in [3.63, 3.8) is 0 Å². The Morgan fingerprint density at radius 3 is 2.60 bits per heavy atom. The van der Waals surface area contributed by atoms with Gasteiger partial charge in [0.15, 0.2) is 11.5 Å². The lowest BCUT2D eigenvalue weighted by molar-refractivity contribution is 0.102. The zero-order valence-corrected chi connectivity index (χ0v) is 11.2. The summed E-state index contributed by atoms with van der Waals surface area (Å²) < 4.78 is 10.5. The summed E-state index contributed by atoms with van der Waals surface area (Å²) in [4.78, 5) is 12.1. The van der Waals surface area contributed by atoms with Gasteiger partial charge < -0.3 is 14.8 Å². The van der Waals surface area contributed by atoms with Crippen molar-refractivity contribution in [2.24, 2.45) is 0 Å². The Balaban J connectivity index is 1.75.